The van der Waals surface area contributed by atoms with Gasteiger partial charge in [-0.05, 0) is 18.6 Å². The van der Waals surface area contributed by atoms with Crippen LogP contribution < -0.4 is 0 Å². The van der Waals surface area contributed by atoms with E-state index in [1.54, 1.807) is 13.1 Å². The smallest absolute Gasteiger partial charge is 0.319 e. The van der Waals surface area contributed by atoms with Crippen LogP contribution in [0.5, 0.6) is 0 Å². The van der Waals surface area contributed by atoms with Gasteiger partial charge in [0.1, 0.15) is 5.82 Å². The molecule has 0 atom stereocenters. The van der Waals surface area contributed by atoms with Crippen LogP contribution in [-0.2, 0) is 11.3 Å². The topological polar surface area (TPSA) is 38.1 Å². The fourth-order valence-corrected chi connectivity index (χ4v) is 2.00. The fourth-order valence-electron chi connectivity index (χ4n) is 2.00. The zero-order chi connectivity index (χ0) is 16.1. The molecule has 4 nitrogen and oxygen atoms in total. The van der Waals surface area contributed by atoms with Gasteiger partial charge in [0.25, 0.3) is 0 Å². The molecular formula is C16H17F2N3O. The third kappa shape index (κ3) is 4.00. The lowest BCUT2D eigenvalue weighted by Gasteiger charge is -2.15. The molecule has 1 amide bonds. The molecule has 0 bridgehead atoms. The highest BCUT2D eigenvalue weighted by Gasteiger charge is 2.14. The molecule has 0 aliphatic heterocycles. The van der Waals surface area contributed by atoms with Crippen LogP contribution in [-0.4, -0.2) is 27.4 Å². The molecule has 116 valence electrons. The first-order valence-electron chi connectivity index (χ1n) is 6.77. The summed E-state index contributed by atoms with van der Waals surface area (Å²) in [5, 5.41) is 0. The molecule has 1 aromatic heterocycles. The summed E-state index contributed by atoms with van der Waals surface area (Å²) in [7, 11) is 1.55. The van der Waals surface area contributed by atoms with Gasteiger partial charge >= 0.3 is 6.55 Å². The molecule has 0 spiro atoms. The molecule has 0 radical (unpaired) electrons. The number of hydrogen-bond acceptors (Lipinski definition) is 2. The molecule has 0 saturated carbocycles. The maximum absolute atomic E-state index is 12.7. The predicted molar refractivity (Wildman–Crippen MR) is 80.2 cm³/mol. The second-order valence-electron chi connectivity index (χ2n) is 4.97. The summed E-state index contributed by atoms with van der Waals surface area (Å²) in [6, 6.07) is 7.71. The molecule has 0 aliphatic carbocycles. The van der Waals surface area contributed by atoms with Gasteiger partial charge in [0.2, 0.25) is 5.91 Å². The molecule has 1 heterocycles. The van der Waals surface area contributed by atoms with Crippen molar-refractivity contribution in [3.8, 4) is 0 Å². The van der Waals surface area contributed by atoms with Crippen molar-refractivity contribution >= 4 is 12.0 Å². The lowest BCUT2D eigenvalue weighted by molar-refractivity contribution is -0.125. The second kappa shape index (κ2) is 6.98. The number of halogens is 2. The Bertz CT molecular complexity index is 680. The Kier molecular flexibility index (Phi) is 5.04. The summed E-state index contributed by atoms with van der Waals surface area (Å²) in [6.07, 6.45) is 5.61. The number of benzene rings is 1. The van der Waals surface area contributed by atoms with Gasteiger partial charge in [0, 0.05) is 25.5 Å². The van der Waals surface area contributed by atoms with E-state index in [1.807, 2.05) is 31.2 Å². The van der Waals surface area contributed by atoms with Gasteiger partial charge in [-0.3, -0.25) is 9.36 Å². The van der Waals surface area contributed by atoms with Crippen LogP contribution in [0.25, 0.3) is 6.08 Å². The number of nitrogens with zero attached hydrogens (tertiary/aromatic N) is 3. The number of aromatic nitrogens is 2. The van der Waals surface area contributed by atoms with E-state index in [2.05, 4.69) is 4.98 Å². The summed E-state index contributed by atoms with van der Waals surface area (Å²) in [4.78, 5) is 17.2. The maximum atomic E-state index is 12.7. The number of rotatable bonds is 5. The van der Waals surface area contributed by atoms with E-state index < -0.39 is 6.55 Å². The fraction of sp³-hybridized carbons (Fsp3) is 0.250. The standard InChI is InChI=1S/C16H17F2N3O/c1-12-4-3-5-13(10-12)6-7-15(22)20(2)11-14-19-8-9-21(14)16(17)18/h3-10,16H,11H2,1-2H3/b7-6+. The Labute approximate surface area is 127 Å². The maximum Gasteiger partial charge on any atom is 0.319 e. The lowest BCUT2D eigenvalue weighted by Crippen LogP contribution is -2.26. The number of likely N-dealkylation sites (N-methyl/N-ethyl adjacent to an activating group) is 1. The van der Waals surface area contributed by atoms with Crippen molar-refractivity contribution in [2.75, 3.05) is 7.05 Å². The van der Waals surface area contributed by atoms with Crippen LogP contribution in [0.2, 0.25) is 0 Å². The van der Waals surface area contributed by atoms with Crippen LogP contribution in [0.4, 0.5) is 8.78 Å². The highest BCUT2D eigenvalue weighted by Crippen LogP contribution is 2.14. The number of carbonyl (C=O) groups excluding carboxylic acids is 1. The Morgan fingerprint density at radius 3 is 2.91 bits per heavy atom. The van der Waals surface area contributed by atoms with Crippen molar-refractivity contribution in [3.63, 3.8) is 0 Å². The van der Waals surface area contributed by atoms with Crippen LogP contribution >= 0.6 is 0 Å². The van der Waals surface area contributed by atoms with Gasteiger partial charge in [-0.2, -0.15) is 8.78 Å². The van der Waals surface area contributed by atoms with Gasteiger partial charge in [-0.1, -0.05) is 29.8 Å². The highest BCUT2D eigenvalue weighted by molar-refractivity contribution is 5.91. The summed E-state index contributed by atoms with van der Waals surface area (Å²) in [6.45, 7) is -0.673. The lowest BCUT2D eigenvalue weighted by atomic mass is 10.1. The Balaban J connectivity index is 2.01. The van der Waals surface area contributed by atoms with Crippen molar-refractivity contribution in [2.45, 2.75) is 20.0 Å². The van der Waals surface area contributed by atoms with Crippen molar-refractivity contribution in [3.05, 3.63) is 59.7 Å². The first-order valence-corrected chi connectivity index (χ1v) is 6.77. The summed E-state index contributed by atoms with van der Waals surface area (Å²) >= 11 is 0. The minimum Gasteiger partial charge on any atom is -0.335 e. The molecule has 2 rings (SSSR count). The first kappa shape index (κ1) is 15.9. The van der Waals surface area contributed by atoms with Gasteiger partial charge in [-0.15, -0.1) is 0 Å². The van der Waals surface area contributed by atoms with E-state index in [1.165, 1.54) is 23.4 Å². The van der Waals surface area contributed by atoms with E-state index in [0.717, 1.165) is 15.7 Å². The third-order valence-corrected chi connectivity index (χ3v) is 3.17. The molecule has 0 fully saturated rings. The largest absolute Gasteiger partial charge is 0.335 e. The van der Waals surface area contributed by atoms with E-state index in [-0.39, 0.29) is 18.3 Å². The minimum absolute atomic E-state index is 0.0222. The number of imidazole rings is 1. The van der Waals surface area contributed by atoms with E-state index >= 15 is 0 Å². The van der Waals surface area contributed by atoms with Crippen LogP contribution in [0, 0.1) is 6.92 Å². The van der Waals surface area contributed by atoms with Crippen LogP contribution in [0.15, 0.2) is 42.7 Å². The predicted octanol–water partition coefficient (Wildman–Crippen LogP) is 3.26. The monoisotopic (exact) mass is 305 g/mol. The molecule has 0 unspecified atom stereocenters. The molecule has 0 N–H and O–H groups in total. The zero-order valence-electron chi connectivity index (χ0n) is 12.4. The Hall–Kier alpha value is -2.50. The first-order chi connectivity index (χ1) is 10.5. The number of carbonyl (C=O) groups is 1. The van der Waals surface area contributed by atoms with Crippen molar-refractivity contribution in [2.24, 2.45) is 0 Å². The normalized spacial score (nSPS) is 11.3. The number of amides is 1. The van der Waals surface area contributed by atoms with Gasteiger partial charge in [-0.25, -0.2) is 4.98 Å². The van der Waals surface area contributed by atoms with Crippen molar-refractivity contribution < 1.29 is 13.6 Å². The van der Waals surface area contributed by atoms with Gasteiger partial charge in [0.15, 0.2) is 0 Å². The molecule has 0 aliphatic rings. The molecule has 0 saturated heterocycles. The molecule has 1 aromatic carbocycles. The third-order valence-electron chi connectivity index (χ3n) is 3.17. The average molecular weight is 305 g/mol. The molecular weight excluding hydrogens is 288 g/mol. The Morgan fingerprint density at radius 2 is 2.23 bits per heavy atom. The summed E-state index contributed by atoms with van der Waals surface area (Å²) < 4.78 is 26.2. The summed E-state index contributed by atoms with van der Waals surface area (Å²) in [5.41, 5.74) is 2.01. The van der Waals surface area contributed by atoms with E-state index in [0.29, 0.717) is 0 Å². The second-order valence-corrected chi connectivity index (χ2v) is 4.97. The Morgan fingerprint density at radius 1 is 1.45 bits per heavy atom. The van der Waals surface area contributed by atoms with E-state index in [4.69, 9.17) is 0 Å². The quantitative estimate of drug-likeness (QED) is 0.795. The minimum atomic E-state index is -2.66. The number of aryl methyl sites for hydroxylation is 1. The van der Waals surface area contributed by atoms with Gasteiger partial charge in [0.05, 0.1) is 6.54 Å². The zero-order valence-corrected chi connectivity index (χ0v) is 12.4. The highest BCUT2D eigenvalue weighted by atomic mass is 19.3. The summed E-state index contributed by atoms with van der Waals surface area (Å²) in [5.74, 6) is -0.125. The van der Waals surface area contributed by atoms with Gasteiger partial charge < -0.3 is 4.90 Å². The SMILES string of the molecule is Cc1cccc(/C=C/C(=O)N(C)Cc2nccn2C(F)F)c1. The number of hydrogen-bond donors (Lipinski definition) is 0. The molecule has 2 aromatic rings. The van der Waals surface area contributed by atoms with Crippen LogP contribution in [0.3, 0.4) is 0 Å². The van der Waals surface area contributed by atoms with Crippen molar-refractivity contribution in [1.82, 2.24) is 14.5 Å². The average Bonchev–Trinajstić information content (AvgIpc) is 2.93. The van der Waals surface area contributed by atoms with Crippen LogP contribution in [0.1, 0.15) is 23.5 Å². The van der Waals surface area contributed by atoms with Crippen molar-refractivity contribution in [1.29, 1.82) is 0 Å². The molecule has 22 heavy (non-hydrogen) atoms. The van der Waals surface area contributed by atoms with E-state index in [9.17, 15) is 13.6 Å². The molecule has 6 heteroatoms. The number of alkyl halides is 2.